The predicted octanol–water partition coefficient (Wildman–Crippen LogP) is 0.825. The van der Waals surface area contributed by atoms with Gasteiger partial charge in [-0.1, -0.05) is 19.8 Å². The van der Waals surface area contributed by atoms with Gasteiger partial charge in [0.15, 0.2) is 5.65 Å². The molecule has 0 bridgehead atoms. The van der Waals surface area contributed by atoms with Gasteiger partial charge in [-0.25, -0.2) is 4.98 Å². The van der Waals surface area contributed by atoms with E-state index in [1.54, 1.807) is 11.7 Å². The molecule has 0 unspecified atom stereocenters. The van der Waals surface area contributed by atoms with Gasteiger partial charge in [0.25, 0.3) is 5.56 Å². The van der Waals surface area contributed by atoms with Gasteiger partial charge >= 0.3 is 0 Å². The van der Waals surface area contributed by atoms with Crippen LogP contribution in [0, 0.1) is 5.92 Å². The number of rotatable bonds is 3. The van der Waals surface area contributed by atoms with Crippen molar-refractivity contribution in [1.82, 2.24) is 24.6 Å². The summed E-state index contributed by atoms with van der Waals surface area (Å²) in [5.74, 6) is 0.360. The molecule has 2 heterocycles. The first-order valence-electron chi connectivity index (χ1n) is 7.73. The van der Waals surface area contributed by atoms with E-state index in [0.29, 0.717) is 17.0 Å². The highest BCUT2D eigenvalue weighted by Crippen LogP contribution is 2.23. The van der Waals surface area contributed by atoms with Gasteiger partial charge in [-0.15, -0.1) is 0 Å². The number of carbonyl (C=O) groups is 1. The van der Waals surface area contributed by atoms with Gasteiger partial charge in [-0.05, 0) is 18.8 Å². The summed E-state index contributed by atoms with van der Waals surface area (Å²) in [6, 6.07) is 0.215. The van der Waals surface area contributed by atoms with Crippen molar-refractivity contribution in [3.63, 3.8) is 0 Å². The molecule has 0 spiro atoms. The van der Waals surface area contributed by atoms with Crippen LogP contribution < -0.4 is 10.9 Å². The Bertz CT molecular complexity index is 748. The molecule has 0 saturated heterocycles. The molecular formula is C15H21N5O2. The molecule has 118 valence electrons. The van der Waals surface area contributed by atoms with E-state index in [4.69, 9.17) is 0 Å². The van der Waals surface area contributed by atoms with Gasteiger partial charge in [0.1, 0.15) is 18.3 Å². The fourth-order valence-corrected chi connectivity index (χ4v) is 3.12. The summed E-state index contributed by atoms with van der Waals surface area (Å²) in [6.45, 7) is 2.17. The minimum absolute atomic E-state index is 0.000111. The van der Waals surface area contributed by atoms with Gasteiger partial charge < -0.3 is 5.32 Å². The van der Waals surface area contributed by atoms with Crippen LogP contribution in [0.25, 0.3) is 11.0 Å². The van der Waals surface area contributed by atoms with Crippen molar-refractivity contribution in [1.29, 1.82) is 0 Å². The smallest absolute Gasteiger partial charge is 0.264 e. The number of fused-ring (bicyclic) bond motifs is 1. The van der Waals surface area contributed by atoms with Gasteiger partial charge in [0.2, 0.25) is 5.91 Å². The highest BCUT2D eigenvalue weighted by Gasteiger charge is 2.23. The normalized spacial score (nSPS) is 21.9. The van der Waals surface area contributed by atoms with Crippen LogP contribution in [0.3, 0.4) is 0 Å². The Hall–Kier alpha value is -2.18. The molecule has 2 aromatic heterocycles. The molecule has 1 amide bonds. The summed E-state index contributed by atoms with van der Waals surface area (Å²) in [4.78, 5) is 28.7. The number of aryl methyl sites for hydroxylation is 1. The van der Waals surface area contributed by atoms with Crippen LogP contribution in [-0.4, -0.2) is 31.3 Å². The summed E-state index contributed by atoms with van der Waals surface area (Å²) in [6.07, 6.45) is 7.45. The predicted molar refractivity (Wildman–Crippen MR) is 82.3 cm³/mol. The van der Waals surface area contributed by atoms with Crippen molar-refractivity contribution in [2.75, 3.05) is 0 Å². The van der Waals surface area contributed by atoms with Crippen molar-refractivity contribution in [3.05, 3.63) is 22.9 Å². The third kappa shape index (κ3) is 2.75. The summed E-state index contributed by atoms with van der Waals surface area (Å²) in [5.41, 5.74) is 0.299. The number of hydrogen-bond acceptors (Lipinski definition) is 4. The van der Waals surface area contributed by atoms with E-state index in [-0.39, 0.29) is 24.1 Å². The monoisotopic (exact) mass is 303 g/mol. The van der Waals surface area contributed by atoms with Crippen LogP contribution in [-0.2, 0) is 18.4 Å². The van der Waals surface area contributed by atoms with E-state index >= 15 is 0 Å². The molecule has 3 rings (SSSR count). The second kappa shape index (κ2) is 5.90. The first kappa shape index (κ1) is 14.7. The largest absolute Gasteiger partial charge is 0.352 e. The minimum atomic E-state index is -0.232. The van der Waals surface area contributed by atoms with E-state index in [1.165, 1.54) is 23.5 Å². The lowest BCUT2D eigenvalue weighted by Gasteiger charge is -2.29. The maximum Gasteiger partial charge on any atom is 0.264 e. The zero-order valence-corrected chi connectivity index (χ0v) is 13.0. The molecule has 1 aliphatic rings. The van der Waals surface area contributed by atoms with E-state index in [2.05, 4.69) is 22.3 Å². The van der Waals surface area contributed by atoms with Crippen molar-refractivity contribution in [3.8, 4) is 0 Å². The molecule has 1 fully saturated rings. The molecule has 0 radical (unpaired) electrons. The van der Waals surface area contributed by atoms with Crippen molar-refractivity contribution in [2.24, 2.45) is 13.0 Å². The number of nitrogens with zero attached hydrogens (tertiary/aromatic N) is 4. The second-order valence-electron chi connectivity index (χ2n) is 6.12. The average molecular weight is 303 g/mol. The van der Waals surface area contributed by atoms with Gasteiger partial charge in [0, 0.05) is 13.1 Å². The maximum absolute atomic E-state index is 12.3. The molecule has 0 aromatic carbocycles. The summed E-state index contributed by atoms with van der Waals surface area (Å²) >= 11 is 0. The van der Waals surface area contributed by atoms with Gasteiger partial charge in [-0.3, -0.25) is 18.8 Å². The van der Waals surface area contributed by atoms with Crippen LogP contribution >= 0.6 is 0 Å². The Balaban J connectivity index is 1.74. The molecule has 7 heteroatoms. The Kier molecular flexibility index (Phi) is 3.96. The fourth-order valence-electron chi connectivity index (χ4n) is 3.12. The van der Waals surface area contributed by atoms with Gasteiger partial charge in [-0.2, -0.15) is 5.10 Å². The molecule has 2 atom stereocenters. The lowest BCUT2D eigenvalue weighted by Crippen LogP contribution is -2.43. The number of amides is 1. The Labute approximate surface area is 128 Å². The number of aromatic nitrogens is 4. The maximum atomic E-state index is 12.3. The lowest BCUT2D eigenvalue weighted by molar-refractivity contribution is -0.123. The number of hydrogen-bond donors (Lipinski definition) is 1. The summed E-state index contributed by atoms with van der Waals surface area (Å²) in [7, 11) is 1.73. The molecule has 1 saturated carbocycles. The van der Waals surface area contributed by atoms with Crippen LogP contribution in [0.5, 0.6) is 0 Å². The van der Waals surface area contributed by atoms with Crippen molar-refractivity contribution < 1.29 is 4.79 Å². The van der Waals surface area contributed by atoms with E-state index < -0.39 is 0 Å². The average Bonchev–Trinajstić information content (AvgIpc) is 2.87. The lowest BCUT2D eigenvalue weighted by atomic mass is 9.86. The molecule has 1 N–H and O–H groups in total. The van der Waals surface area contributed by atoms with Crippen LogP contribution in [0.4, 0.5) is 0 Å². The Morgan fingerprint density at radius 3 is 2.95 bits per heavy atom. The third-order valence-electron chi connectivity index (χ3n) is 4.49. The zero-order valence-electron chi connectivity index (χ0n) is 13.0. The topological polar surface area (TPSA) is 81.8 Å². The highest BCUT2D eigenvalue weighted by atomic mass is 16.2. The number of nitrogens with one attached hydrogen (secondary N) is 1. The first-order valence-corrected chi connectivity index (χ1v) is 7.73. The highest BCUT2D eigenvalue weighted by molar-refractivity contribution is 5.77. The summed E-state index contributed by atoms with van der Waals surface area (Å²) in [5, 5.41) is 7.51. The Morgan fingerprint density at radius 1 is 1.41 bits per heavy atom. The molecule has 1 aliphatic carbocycles. The Morgan fingerprint density at radius 2 is 2.18 bits per heavy atom. The standard InChI is InChI=1S/C15H21N5O2/c1-10-5-3-4-6-12(10)18-13(21)8-20-9-16-14-11(15(20)22)7-17-19(14)2/h7,9-10,12H,3-6,8H2,1-2H3,(H,18,21)/t10-,12+/m0/s1. The van der Waals surface area contributed by atoms with Crippen molar-refractivity contribution in [2.45, 2.75) is 45.2 Å². The van der Waals surface area contributed by atoms with Crippen LogP contribution in [0.15, 0.2) is 17.3 Å². The van der Waals surface area contributed by atoms with Crippen LogP contribution in [0.1, 0.15) is 32.6 Å². The summed E-state index contributed by atoms with van der Waals surface area (Å²) < 4.78 is 2.89. The van der Waals surface area contributed by atoms with Crippen LogP contribution in [0.2, 0.25) is 0 Å². The molecule has 2 aromatic rings. The second-order valence-corrected chi connectivity index (χ2v) is 6.12. The first-order chi connectivity index (χ1) is 10.6. The SMILES string of the molecule is C[C@H]1CCCC[C@H]1NC(=O)Cn1cnc2c(cnn2C)c1=O. The van der Waals surface area contributed by atoms with E-state index in [0.717, 1.165) is 19.3 Å². The number of carbonyl (C=O) groups excluding carboxylic acids is 1. The minimum Gasteiger partial charge on any atom is -0.352 e. The molecule has 0 aliphatic heterocycles. The van der Waals surface area contributed by atoms with E-state index in [1.807, 2.05) is 0 Å². The molecule has 22 heavy (non-hydrogen) atoms. The fraction of sp³-hybridized carbons (Fsp3) is 0.600. The third-order valence-corrected chi connectivity index (χ3v) is 4.49. The zero-order chi connectivity index (χ0) is 15.7. The molecule has 7 nitrogen and oxygen atoms in total. The quantitative estimate of drug-likeness (QED) is 0.910. The van der Waals surface area contributed by atoms with E-state index in [9.17, 15) is 9.59 Å². The van der Waals surface area contributed by atoms with Gasteiger partial charge in [0.05, 0.1) is 6.20 Å². The van der Waals surface area contributed by atoms with Crippen molar-refractivity contribution >= 4 is 16.9 Å². The molecular weight excluding hydrogens is 282 g/mol.